The highest BCUT2D eigenvalue weighted by Gasteiger charge is 2.44. The summed E-state index contributed by atoms with van der Waals surface area (Å²) in [6, 6.07) is 4.50. The van der Waals surface area contributed by atoms with Gasteiger partial charge in [-0.05, 0) is 26.0 Å². The second kappa shape index (κ2) is 7.35. The fourth-order valence-corrected chi connectivity index (χ4v) is 3.89. The summed E-state index contributed by atoms with van der Waals surface area (Å²) < 4.78 is 5.07. The molecule has 0 aliphatic carbocycles. The summed E-state index contributed by atoms with van der Waals surface area (Å²) in [5.74, 6) is -1.53. The Hall–Kier alpha value is -2.58. The van der Waals surface area contributed by atoms with E-state index in [0.717, 1.165) is 5.01 Å². The molecule has 1 aliphatic rings. The van der Waals surface area contributed by atoms with Crippen molar-refractivity contribution in [2.75, 3.05) is 20.3 Å². The van der Waals surface area contributed by atoms with Crippen LogP contribution in [0.25, 0.3) is 0 Å². The molecule has 0 radical (unpaired) electrons. The topological polar surface area (TPSA) is 92.6 Å². The van der Waals surface area contributed by atoms with E-state index in [0.29, 0.717) is 16.3 Å². The molecule has 0 spiro atoms. The van der Waals surface area contributed by atoms with E-state index in [9.17, 15) is 14.7 Å². The normalized spacial score (nSPS) is 17.3. The molecule has 3 rings (SSSR count). The molecule has 0 saturated carbocycles. The lowest BCUT2D eigenvalue weighted by Crippen LogP contribution is -2.34. The molecule has 1 N–H and O–H groups in total. The van der Waals surface area contributed by atoms with Gasteiger partial charge in [-0.2, -0.15) is 0 Å². The number of methoxy groups -OCH3 is 1. The van der Waals surface area contributed by atoms with Crippen LogP contribution in [0, 0.1) is 13.8 Å². The largest absolute Gasteiger partial charge is 0.503 e. The first kappa shape index (κ1) is 18.2. The molecule has 2 aromatic heterocycles. The van der Waals surface area contributed by atoms with Crippen molar-refractivity contribution in [2.45, 2.75) is 19.9 Å². The molecule has 136 valence electrons. The predicted molar refractivity (Wildman–Crippen MR) is 96.1 cm³/mol. The zero-order chi connectivity index (χ0) is 18.8. The highest BCUT2D eigenvalue weighted by atomic mass is 32.1. The number of ketones is 1. The third-order valence-corrected chi connectivity index (χ3v) is 5.23. The lowest BCUT2D eigenvalue weighted by molar-refractivity contribution is -0.130. The van der Waals surface area contributed by atoms with Crippen LogP contribution in [0.2, 0.25) is 0 Å². The van der Waals surface area contributed by atoms with E-state index in [1.54, 1.807) is 31.3 Å². The smallest absolute Gasteiger partial charge is 0.290 e. The number of thiazole rings is 1. The van der Waals surface area contributed by atoms with Crippen molar-refractivity contribution < 1.29 is 19.4 Å². The second-order valence-corrected chi connectivity index (χ2v) is 7.09. The number of hydrogen-bond donors (Lipinski definition) is 1. The Labute approximate surface area is 155 Å². The average molecular weight is 373 g/mol. The highest BCUT2D eigenvalue weighted by Crippen LogP contribution is 2.39. The fourth-order valence-electron chi connectivity index (χ4n) is 3.02. The van der Waals surface area contributed by atoms with Gasteiger partial charge < -0.3 is 14.7 Å². The third-order valence-electron chi connectivity index (χ3n) is 4.16. The number of aliphatic hydroxyl groups excluding tert-OH is 1. The maximum atomic E-state index is 13.2. The number of rotatable bonds is 6. The van der Waals surface area contributed by atoms with Gasteiger partial charge in [0.15, 0.2) is 5.76 Å². The molecule has 1 atom stereocenters. The number of hydrogen-bond acceptors (Lipinski definition) is 7. The van der Waals surface area contributed by atoms with Gasteiger partial charge in [0.1, 0.15) is 6.04 Å². The van der Waals surface area contributed by atoms with Crippen molar-refractivity contribution in [3.05, 3.63) is 57.0 Å². The Morgan fingerprint density at radius 3 is 2.73 bits per heavy atom. The van der Waals surface area contributed by atoms with E-state index in [2.05, 4.69) is 9.97 Å². The summed E-state index contributed by atoms with van der Waals surface area (Å²) in [6.07, 6.45) is 1.59. The SMILES string of the molecule is COCCN1C(=O)C(O)=C(C(=O)c2sc(C)nc2C)C1c1ccccn1. The number of carbonyl (C=O) groups excluding carboxylic acids is 2. The van der Waals surface area contributed by atoms with Gasteiger partial charge in [0, 0.05) is 19.9 Å². The van der Waals surface area contributed by atoms with Crippen LogP contribution >= 0.6 is 11.3 Å². The first-order valence-electron chi connectivity index (χ1n) is 8.08. The summed E-state index contributed by atoms with van der Waals surface area (Å²) in [6.45, 7) is 4.06. The van der Waals surface area contributed by atoms with Gasteiger partial charge in [-0.25, -0.2) is 4.98 Å². The Bertz CT molecular complexity index is 876. The molecule has 0 aromatic carbocycles. The number of nitrogens with zero attached hydrogens (tertiary/aromatic N) is 3. The van der Waals surface area contributed by atoms with Crippen molar-refractivity contribution in [3.63, 3.8) is 0 Å². The minimum absolute atomic E-state index is 0.0385. The first-order valence-corrected chi connectivity index (χ1v) is 8.90. The van der Waals surface area contributed by atoms with Gasteiger partial charge in [0.25, 0.3) is 5.91 Å². The van der Waals surface area contributed by atoms with Crippen molar-refractivity contribution in [1.29, 1.82) is 0 Å². The summed E-state index contributed by atoms with van der Waals surface area (Å²) in [7, 11) is 1.53. The molecule has 2 aromatic rings. The van der Waals surface area contributed by atoms with Gasteiger partial charge in [-0.1, -0.05) is 6.07 Å². The zero-order valence-corrected chi connectivity index (χ0v) is 15.5. The maximum Gasteiger partial charge on any atom is 0.290 e. The molecule has 3 heterocycles. The summed E-state index contributed by atoms with van der Waals surface area (Å²) in [4.78, 5) is 36.2. The van der Waals surface area contributed by atoms with Crippen LogP contribution in [0.4, 0.5) is 0 Å². The lowest BCUT2D eigenvalue weighted by atomic mass is 9.98. The zero-order valence-electron chi connectivity index (χ0n) is 14.7. The number of aryl methyl sites for hydroxylation is 2. The minimum atomic E-state index is -0.756. The fraction of sp³-hybridized carbons (Fsp3) is 0.333. The molecular weight excluding hydrogens is 354 g/mol. The summed E-state index contributed by atoms with van der Waals surface area (Å²) >= 11 is 1.25. The highest BCUT2D eigenvalue weighted by molar-refractivity contribution is 7.14. The van der Waals surface area contributed by atoms with E-state index >= 15 is 0 Å². The molecule has 1 unspecified atom stereocenters. The molecule has 1 aliphatic heterocycles. The first-order chi connectivity index (χ1) is 12.5. The Morgan fingerprint density at radius 2 is 2.15 bits per heavy atom. The molecule has 0 fully saturated rings. The van der Waals surface area contributed by atoms with Crippen LogP contribution in [-0.4, -0.2) is 51.9 Å². The van der Waals surface area contributed by atoms with Gasteiger partial charge in [0.2, 0.25) is 5.78 Å². The van der Waals surface area contributed by atoms with Crippen LogP contribution < -0.4 is 0 Å². The summed E-state index contributed by atoms with van der Waals surface area (Å²) in [5.41, 5.74) is 1.14. The van der Waals surface area contributed by atoms with Crippen molar-refractivity contribution in [2.24, 2.45) is 0 Å². The van der Waals surface area contributed by atoms with E-state index < -0.39 is 23.5 Å². The van der Waals surface area contributed by atoms with E-state index in [-0.39, 0.29) is 18.7 Å². The number of carbonyl (C=O) groups is 2. The molecule has 0 bridgehead atoms. The van der Waals surface area contributed by atoms with Crippen LogP contribution in [-0.2, 0) is 9.53 Å². The molecule has 7 nitrogen and oxygen atoms in total. The molecular formula is C18H19N3O4S. The molecule has 26 heavy (non-hydrogen) atoms. The second-order valence-electron chi connectivity index (χ2n) is 5.89. The monoisotopic (exact) mass is 373 g/mol. The lowest BCUT2D eigenvalue weighted by Gasteiger charge is -2.25. The van der Waals surface area contributed by atoms with E-state index in [1.165, 1.54) is 23.3 Å². The van der Waals surface area contributed by atoms with Crippen molar-refractivity contribution in [3.8, 4) is 0 Å². The molecule has 1 amide bonds. The number of aromatic nitrogens is 2. The number of aliphatic hydroxyl groups is 1. The van der Waals surface area contributed by atoms with Gasteiger partial charge >= 0.3 is 0 Å². The predicted octanol–water partition coefficient (Wildman–Crippen LogP) is 2.38. The molecule has 0 saturated heterocycles. The summed E-state index contributed by atoms with van der Waals surface area (Å²) in [5, 5.41) is 11.2. The van der Waals surface area contributed by atoms with E-state index in [1.807, 2.05) is 6.92 Å². The number of ether oxygens (including phenoxy) is 1. The van der Waals surface area contributed by atoms with Gasteiger partial charge in [0.05, 0.1) is 33.5 Å². The minimum Gasteiger partial charge on any atom is -0.503 e. The Balaban J connectivity index is 2.09. The van der Waals surface area contributed by atoms with Crippen LogP contribution in [0.5, 0.6) is 0 Å². The average Bonchev–Trinajstić information content (AvgIpc) is 3.10. The van der Waals surface area contributed by atoms with Crippen molar-refractivity contribution in [1.82, 2.24) is 14.9 Å². The number of Topliss-reactive ketones (excluding diaryl/α,β-unsaturated/α-hetero) is 1. The van der Waals surface area contributed by atoms with Gasteiger partial charge in [-0.3, -0.25) is 14.6 Å². The van der Waals surface area contributed by atoms with Crippen LogP contribution in [0.3, 0.4) is 0 Å². The Morgan fingerprint density at radius 1 is 1.38 bits per heavy atom. The number of pyridine rings is 1. The number of amides is 1. The standard InChI is InChI=1S/C18H19N3O4S/c1-10-17(26-11(2)20-10)15(22)13-14(12-6-4-5-7-19-12)21(8-9-25-3)18(24)16(13)23/h4-7,14,23H,8-9H2,1-3H3. The van der Waals surface area contributed by atoms with E-state index in [4.69, 9.17) is 4.74 Å². The third kappa shape index (κ3) is 3.13. The van der Waals surface area contributed by atoms with Gasteiger partial charge in [-0.15, -0.1) is 11.3 Å². The quantitative estimate of drug-likeness (QED) is 0.782. The maximum absolute atomic E-state index is 13.2. The van der Waals surface area contributed by atoms with Crippen LogP contribution in [0.1, 0.15) is 32.1 Å². The van der Waals surface area contributed by atoms with Crippen LogP contribution in [0.15, 0.2) is 35.7 Å². The van der Waals surface area contributed by atoms with Crippen molar-refractivity contribution >= 4 is 23.0 Å². The Kier molecular flexibility index (Phi) is 5.15. The molecule has 8 heteroatoms.